The molecule has 2 saturated heterocycles. The van der Waals surface area contributed by atoms with Gasteiger partial charge < -0.3 is 29.7 Å². The lowest BCUT2D eigenvalue weighted by Crippen LogP contribution is -2.45. The van der Waals surface area contributed by atoms with Gasteiger partial charge in [-0.05, 0) is 48.2 Å². The van der Waals surface area contributed by atoms with E-state index in [1.165, 1.54) is 53.4 Å². The summed E-state index contributed by atoms with van der Waals surface area (Å²) in [5.41, 5.74) is 0.953. The standard InChI is InChI=1S/C29H34N6O10S/c30-26(13-28(38)44-16-18-1-5-21(6-2-18)34(40)41)31-20-9-10-32(14-20)27(37)12-25(36)24-11-23(46)15-33(24)29(39)45-17-19-3-7-22(8-4-19)35(42)43/h1-8,20,23-25,36,46H,9-17H2,(H2,30,31)/t20-,23-,24-,25?/m0/s1. The number of carbonyl (C=O) groups is 3. The maximum Gasteiger partial charge on any atom is 0.410 e. The van der Waals surface area contributed by atoms with Crippen molar-refractivity contribution in [2.75, 3.05) is 19.6 Å². The monoisotopic (exact) mass is 658 g/mol. The number of carbonyl (C=O) groups excluding carboxylic acids is 3. The topological polar surface area (TPSA) is 219 Å². The highest BCUT2D eigenvalue weighted by Crippen LogP contribution is 2.27. The Hall–Kier alpha value is -4.77. The van der Waals surface area contributed by atoms with Crippen LogP contribution >= 0.6 is 12.6 Å². The number of non-ortho nitro benzene ring substituents is 2. The highest BCUT2D eigenvalue weighted by Gasteiger charge is 2.40. The summed E-state index contributed by atoms with van der Waals surface area (Å²) in [6.45, 7) is 0.629. The predicted molar refractivity (Wildman–Crippen MR) is 165 cm³/mol. The van der Waals surface area contributed by atoms with E-state index in [9.17, 15) is 39.7 Å². The molecule has 246 valence electrons. The van der Waals surface area contributed by atoms with Crippen LogP contribution in [-0.2, 0) is 32.3 Å². The normalized spacial score (nSPS) is 19.7. The third-order valence-electron chi connectivity index (χ3n) is 7.68. The van der Waals surface area contributed by atoms with E-state index in [0.29, 0.717) is 30.5 Å². The molecule has 2 fully saturated rings. The number of aliphatic hydroxyl groups is 1. The number of esters is 1. The van der Waals surface area contributed by atoms with Gasteiger partial charge in [-0.25, -0.2) is 4.79 Å². The number of nitrogens with one attached hydrogen (secondary N) is 2. The molecule has 0 bridgehead atoms. The lowest BCUT2D eigenvalue weighted by Gasteiger charge is -2.28. The van der Waals surface area contributed by atoms with Crippen LogP contribution in [0.3, 0.4) is 0 Å². The molecular weight excluding hydrogens is 624 g/mol. The van der Waals surface area contributed by atoms with E-state index in [0.717, 1.165) is 0 Å². The molecule has 0 saturated carbocycles. The van der Waals surface area contributed by atoms with Crippen LogP contribution in [0.4, 0.5) is 16.2 Å². The zero-order chi connectivity index (χ0) is 33.4. The molecule has 2 heterocycles. The number of ether oxygens (including phenoxy) is 2. The number of likely N-dealkylation sites (tertiary alicyclic amines) is 2. The zero-order valence-electron chi connectivity index (χ0n) is 24.6. The fraction of sp³-hybridized carbons (Fsp3) is 0.448. The number of hydrogen-bond donors (Lipinski definition) is 4. The van der Waals surface area contributed by atoms with E-state index in [1.54, 1.807) is 4.90 Å². The fourth-order valence-electron chi connectivity index (χ4n) is 5.28. The molecule has 2 amide bonds. The van der Waals surface area contributed by atoms with Crippen LogP contribution in [0, 0.1) is 25.6 Å². The minimum absolute atomic E-state index is 0.0788. The van der Waals surface area contributed by atoms with Crippen molar-refractivity contribution in [2.45, 2.75) is 62.3 Å². The van der Waals surface area contributed by atoms with Gasteiger partial charge in [0, 0.05) is 55.2 Å². The van der Waals surface area contributed by atoms with Crippen molar-refractivity contribution in [3.8, 4) is 0 Å². The van der Waals surface area contributed by atoms with E-state index in [2.05, 4.69) is 17.9 Å². The van der Waals surface area contributed by atoms with E-state index in [-0.39, 0.29) is 73.6 Å². The zero-order valence-corrected chi connectivity index (χ0v) is 25.5. The molecule has 2 aromatic rings. The second kappa shape index (κ2) is 15.5. The van der Waals surface area contributed by atoms with Gasteiger partial charge in [0.05, 0.1) is 28.4 Å². The highest BCUT2D eigenvalue weighted by atomic mass is 32.1. The number of amidine groups is 1. The number of nitro groups is 2. The van der Waals surface area contributed by atoms with Gasteiger partial charge in [-0.3, -0.25) is 35.2 Å². The van der Waals surface area contributed by atoms with Crippen molar-refractivity contribution in [1.29, 1.82) is 5.41 Å². The molecule has 46 heavy (non-hydrogen) atoms. The van der Waals surface area contributed by atoms with Gasteiger partial charge in [-0.2, -0.15) is 12.6 Å². The number of thiol groups is 1. The lowest BCUT2D eigenvalue weighted by atomic mass is 10.0. The fourth-order valence-corrected chi connectivity index (χ4v) is 5.67. The van der Waals surface area contributed by atoms with Crippen molar-refractivity contribution in [2.24, 2.45) is 0 Å². The number of nitro benzene ring substituents is 2. The molecule has 2 aromatic carbocycles. The third-order valence-corrected chi connectivity index (χ3v) is 8.05. The van der Waals surface area contributed by atoms with Crippen molar-refractivity contribution in [1.82, 2.24) is 15.1 Å². The molecular formula is C29H34N6O10S. The first kappa shape index (κ1) is 34.1. The molecule has 16 nitrogen and oxygen atoms in total. The molecule has 2 aliphatic rings. The Morgan fingerprint density at radius 2 is 1.54 bits per heavy atom. The number of hydrogen-bond acceptors (Lipinski definition) is 12. The van der Waals surface area contributed by atoms with Crippen LogP contribution in [0.15, 0.2) is 48.5 Å². The lowest BCUT2D eigenvalue weighted by molar-refractivity contribution is -0.385. The first-order valence-corrected chi connectivity index (χ1v) is 14.9. The first-order valence-electron chi connectivity index (χ1n) is 14.4. The molecule has 4 atom stereocenters. The molecule has 1 unspecified atom stereocenters. The van der Waals surface area contributed by atoms with Crippen molar-refractivity contribution < 1.29 is 38.8 Å². The molecule has 0 aromatic heterocycles. The number of benzene rings is 2. The van der Waals surface area contributed by atoms with Crippen molar-refractivity contribution in [3.63, 3.8) is 0 Å². The Balaban J connectivity index is 1.19. The maximum atomic E-state index is 13.0. The van der Waals surface area contributed by atoms with Gasteiger partial charge in [-0.15, -0.1) is 0 Å². The molecule has 3 N–H and O–H groups in total. The Morgan fingerprint density at radius 1 is 0.978 bits per heavy atom. The van der Waals surface area contributed by atoms with Crippen LogP contribution in [-0.4, -0.2) is 91.6 Å². The summed E-state index contributed by atoms with van der Waals surface area (Å²) in [6, 6.07) is 10.2. The summed E-state index contributed by atoms with van der Waals surface area (Å²) < 4.78 is 10.5. The Bertz CT molecular complexity index is 1460. The molecule has 0 spiro atoms. The average molecular weight is 659 g/mol. The van der Waals surface area contributed by atoms with Crippen LogP contribution < -0.4 is 5.32 Å². The number of aliphatic hydroxyl groups excluding tert-OH is 1. The Kier molecular flexibility index (Phi) is 11.5. The Morgan fingerprint density at radius 3 is 2.11 bits per heavy atom. The summed E-state index contributed by atoms with van der Waals surface area (Å²) in [5.74, 6) is -1.06. The minimum atomic E-state index is -1.17. The van der Waals surface area contributed by atoms with E-state index in [1.807, 2.05) is 0 Å². The quantitative estimate of drug-likeness (QED) is 0.0648. The van der Waals surface area contributed by atoms with Gasteiger partial charge in [0.15, 0.2) is 0 Å². The number of rotatable bonds is 12. The van der Waals surface area contributed by atoms with E-state index < -0.39 is 34.1 Å². The van der Waals surface area contributed by atoms with Crippen LogP contribution in [0.25, 0.3) is 0 Å². The number of nitrogens with zero attached hydrogens (tertiary/aromatic N) is 4. The summed E-state index contributed by atoms with van der Waals surface area (Å²) in [4.78, 5) is 61.4. The average Bonchev–Trinajstić information content (AvgIpc) is 3.66. The molecule has 4 rings (SSSR count). The maximum absolute atomic E-state index is 13.0. The van der Waals surface area contributed by atoms with Gasteiger partial charge in [0.1, 0.15) is 25.5 Å². The second-order valence-electron chi connectivity index (χ2n) is 11.1. The SMILES string of the molecule is N=C(CC(=O)OCc1ccc([N+](=O)[O-])cc1)N[C@H]1CCN(C(=O)CC(O)[C@@H]2C[C@H](S)CN2C(=O)OCc2ccc([N+](=O)[O-])cc2)C1. The summed E-state index contributed by atoms with van der Waals surface area (Å²) in [7, 11) is 0. The highest BCUT2D eigenvalue weighted by molar-refractivity contribution is 7.81. The largest absolute Gasteiger partial charge is 0.460 e. The van der Waals surface area contributed by atoms with E-state index in [4.69, 9.17) is 14.9 Å². The van der Waals surface area contributed by atoms with Crippen LogP contribution in [0.5, 0.6) is 0 Å². The van der Waals surface area contributed by atoms with Crippen LogP contribution in [0.2, 0.25) is 0 Å². The summed E-state index contributed by atoms with van der Waals surface area (Å²) in [5, 5.41) is 43.3. The number of amides is 2. The van der Waals surface area contributed by atoms with Gasteiger partial charge >= 0.3 is 12.1 Å². The minimum Gasteiger partial charge on any atom is -0.460 e. The van der Waals surface area contributed by atoms with Gasteiger partial charge in [-0.1, -0.05) is 0 Å². The third kappa shape index (κ3) is 9.37. The second-order valence-corrected chi connectivity index (χ2v) is 11.8. The summed E-state index contributed by atoms with van der Waals surface area (Å²) in [6.07, 6.45) is -1.55. The predicted octanol–water partition coefficient (Wildman–Crippen LogP) is 2.56. The van der Waals surface area contributed by atoms with E-state index >= 15 is 0 Å². The smallest absolute Gasteiger partial charge is 0.410 e. The Labute approximate surface area is 268 Å². The van der Waals surface area contributed by atoms with Crippen molar-refractivity contribution in [3.05, 3.63) is 79.9 Å². The van der Waals surface area contributed by atoms with Gasteiger partial charge in [0.2, 0.25) is 5.91 Å². The summed E-state index contributed by atoms with van der Waals surface area (Å²) >= 11 is 4.45. The first-order chi connectivity index (χ1) is 21.9. The molecule has 0 aliphatic carbocycles. The van der Waals surface area contributed by atoms with Gasteiger partial charge in [0.25, 0.3) is 11.4 Å². The molecule has 0 radical (unpaired) electrons. The molecule has 2 aliphatic heterocycles. The van der Waals surface area contributed by atoms with Crippen molar-refractivity contribution >= 4 is 47.8 Å². The van der Waals surface area contributed by atoms with Crippen LogP contribution in [0.1, 0.15) is 36.8 Å². The molecule has 17 heteroatoms.